The molecule has 0 aliphatic carbocycles. The van der Waals surface area contributed by atoms with Gasteiger partial charge in [-0.05, 0) is 43.0 Å². The van der Waals surface area contributed by atoms with E-state index >= 15 is 0 Å². The Morgan fingerprint density at radius 2 is 1.83 bits per heavy atom. The number of hydrogen-bond acceptors (Lipinski definition) is 5. The van der Waals surface area contributed by atoms with E-state index in [4.69, 9.17) is 4.98 Å². The number of benzene rings is 1. The van der Waals surface area contributed by atoms with E-state index in [1.54, 1.807) is 23.7 Å². The lowest BCUT2D eigenvalue weighted by molar-refractivity contribution is 0.654. The van der Waals surface area contributed by atoms with Crippen molar-refractivity contribution >= 4 is 27.2 Å². The molecule has 0 atom stereocenters. The van der Waals surface area contributed by atoms with Gasteiger partial charge in [-0.2, -0.15) is 4.52 Å². The Balaban J connectivity index is 1.74. The first-order valence-corrected chi connectivity index (χ1v) is 10.8. The largest absolute Gasteiger partial charge is 0.351 e. The van der Waals surface area contributed by atoms with Crippen molar-refractivity contribution in [2.75, 3.05) is 0 Å². The molecule has 0 spiro atoms. The summed E-state index contributed by atoms with van der Waals surface area (Å²) in [5.41, 5.74) is 3.78. The van der Waals surface area contributed by atoms with Crippen molar-refractivity contribution < 1.29 is 0 Å². The maximum absolute atomic E-state index is 13.4. The first-order chi connectivity index (χ1) is 14.7. The van der Waals surface area contributed by atoms with Crippen molar-refractivity contribution in [1.82, 2.24) is 24.1 Å². The topological polar surface area (TPSA) is 65.1 Å². The van der Waals surface area contributed by atoms with Crippen LogP contribution in [0.4, 0.5) is 0 Å². The van der Waals surface area contributed by atoms with E-state index in [2.05, 4.69) is 36.1 Å². The number of hydrogen-bond donors (Lipinski definition) is 0. The van der Waals surface area contributed by atoms with Crippen LogP contribution in [0, 0.1) is 6.92 Å². The Morgan fingerprint density at radius 1 is 1.07 bits per heavy atom. The molecule has 7 heteroatoms. The molecular weight excluding hydrogens is 394 g/mol. The zero-order valence-electron chi connectivity index (χ0n) is 16.9. The predicted octanol–water partition coefficient (Wildman–Crippen LogP) is 4.28. The summed E-state index contributed by atoms with van der Waals surface area (Å²) in [5, 5.41) is 5.62. The van der Waals surface area contributed by atoms with Crippen LogP contribution in [-0.2, 0) is 19.4 Å². The second kappa shape index (κ2) is 7.50. The minimum absolute atomic E-state index is 0.148. The lowest BCUT2D eigenvalue weighted by atomic mass is 10.1. The van der Waals surface area contributed by atoms with E-state index in [0.29, 0.717) is 18.0 Å². The second-order valence-electron chi connectivity index (χ2n) is 7.25. The molecule has 0 aliphatic rings. The molecule has 0 N–H and O–H groups in total. The highest BCUT2D eigenvalue weighted by Gasteiger charge is 2.21. The average Bonchev–Trinajstić information content (AvgIpc) is 3.36. The van der Waals surface area contributed by atoms with Gasteiger partial charge in [0.2, 0.25) is 0 Å². The SMILES string of the molecule is CCc1c(C)sc2c1c1nc(-c3ccncc3)nn1c(=O)n2CCc1ccccc1. The molecule has 0 unspecified atom stereocenters. The van der Waals surface area contributed by atoms with Crippen molar-refractivity contribution in [3.05, 3.63) is 81.3 Å². The van der Waals surface area contributed by atoms with Gasteiger partial charge < -0.3 is 0 Å². The molecule has 4 aromatic heterocycles. The average molecular weight is 416 g/mol. The van der Waals surface area contributed by atoms with Crippen LogP contribution in [0.15, 0.2) is 59.7 Å². The molecule has 0 fully saturated rings. The van der Waals surface area contributed by atoms with Crippen LogP contribution in [0.2, 0.25) is 0 Å². The van der Waals surface area contributed by atoms with Crippen molar-refractivity contribution in [2.45, 2.75) is 33.2 Å². The van der Waals surface area contributed by atoms with Gasteiger partial charge >= 0.3 is 5.69 Å². The van der Waals surface area contributed by atoms with Gasteiger partial charge in [0.25, 0.3) is 0 Å². The Kier molecular flexibility index (Phi) is 4.67. The zero-order chi connectivity index (χ0) is 20.7. The number of fused-ring (bicyclic) bond motifs is 3. The van der Waals surface area contributed by atoms with Crippen LogP contribution < -0.4 is 5.69 Å². The molecule has 1 aromatic carbocycles. The standard InChI is InChI=1S/C23H21N5OS/c1-3-18-15(2)30-22-19(18)21-25-20(17-9-12-24-13-10-17)26-28(21)23(29)27(22)14-11-16-7-5-4-6-8-16/h4-10,12-13H,3,11,14H2,1-2H3. The Bertz CT molecular complexity index is 1400. The summed E-state index contributed by atoms with van der Waals surface area (Å²) in [6, 6.07) is 14.0. The second-order valence-corrected chi connectivity index (χ2v) is 8.45. The highest BCUT2D eigenvalue weighted by molar-refractivity contribution is 7.19. The molecule has 0 saturated heterocycles. The fraction of sp³-hybridized carbons (Fsp3) is 0.217. The molecule has 0 aliphatic heterocycles. The molecule has 0 saturated carbocycles. The Morgan fingerprint density at radius 3 is 2.57 bits per heavy atom. The van der Waals surface area contributed by atoms with E-state index in [9.17, 15) is 4.79 Å². The summed E-state index contributed by atoms with van der Waals surface area (Å²) in [6.07, 6.45) is 5.09. The third kappa shape index (κ3) is 3.02. The van der Waals surface area contributed by atoms with Gasteiger partial charge in [-0.15, -0.1) is 16.4 Å². The third-order valence-corrected chi connectivity index (χ3v) is 6.61. The smallest absolute Gasteiger partial charge is 0.283 e. The summed E-state index contributed by atoms with van der Waals surface area (Å²) in [4.78, 5) is 24.5. The maximum atomic E-state index is 13.4. The van der Waals surface area contributed by atoms with Crippen LogP contribution in [0.5, 0.6) is 0 Å². The van der Waals surface area contributed by atoms with E-state index in [-0.39, 0.29) is 5.69 Å². The third-order valence-electron chi connectivity index (χ3n) is 5.44. The summed E-state index contributed by atoms with van der Waals surface area (Å²) in [6.45, 7) is 4.86. The summed E-state index contributed by atoms with van der Waals surface area (Å²) >= 11 is 1.67. The van der Waals surface area contributed by atoms with Gasteiger partial charge in [0.1, 0.15) is 4.83 Å². The first kappa shape index (κ1) is 18.7. The number of aromatic nitrogens is 5. The van der Waals surface area contributed by atoms with Crippen LogP contribution in [0.25, 0.3) is 27.3 Å². The van der Waals surface area contributed by atoms with Gasteiger partial charge in [-0.25, -0.2) is 9.78 Å². The molecule has 0 amide bonds. The quantitative estimate of drug-likeness (QED) is 0.430. The van der Waals surface area contributed by atoms with Crippen molar-refractivity contribution in [2.24, 2.45) is 0 Å². The van der Waals surface area contributed by atoms with Crippen LogP contribution in [-0.4, -0.2) is 24.1 Å². The number of thiophene rings is 1. The molecule has 4 heterocycles. The van der Waals surface area contributed by atoms with Crippen molar-refractivity contribution in [1.29, 1.82) is 0 Å². The summed E-state index contributed by atoms with van der Waals surface area (Å²) in [7, 11) is 0. The molecule has 30 heavy (non-hydrogen) atoms. The van der Waals surface area contributed by atoms with Gasteiger partial charge in [0.05, 0.1) is 5.39 Å². The Labute approximate surface area is 177 Å². The van der Waals surface area contributed by atoms with Gasteiger partial charge in [0, 0.05) is 29.4 Å². The zero-order valence-corrected chi connectivity index (χ0v) is 17.7. The van der Waals surface area contributed by atoms with Crippen LogP contribution >= 0.6 is 11.3 Å². The lowest BCUT2D eigenvalue weighted by Gasteiger charge is -2.09. The fourth-order valence-corrected chi connectivity index (χ4v) is 5.18. The van der Waals surface area contributed by atoms with E-state index in [1.807, 2.05) is 34.9 Å². The van der Waals surface area contributed by atoms with Crippen molar-refractivity contribution in [3.63, 3.8) is 0 Å². The monoisotopic (exact) mass is 415 g/mol. The van der Waals surface area contributed by atoms with Gasteiger partial charge in [-0.1, -0.05) is 37.3 Å². The molecule has 150 valence electrons. The molecule has 0 radical (unpaired) electrons. The number of pyridine rings is 1. The van der Waals surface area contributed by atoms with E-state index in [1.165, 1.54) is 20.5 Å². The minimum Gasteiger partial charge on any atom is -0.283 e. The number of nitrogens with zero attached hydrogens (tertiary/aromatic N) is 5. The summed E-state index contributed by atoms with van der Waals surface area (Å²) < 4.78 is 3.32. The predicted molar refractivity (Wildman–Crippen MR) is 120 cm³/mol. The van der Waals surface area contributed by atoms with Gasteiger partial charge in [-0.3, -0.25) is 9.55 Å². The highest BCUT2D eigenvalue weighted by Crippen LogP contribution is 2.33. The van der Waals surface area contributed by atoms with E-state index in [0.717, 1.165) is 28.6 Å². The molecule has 5 rings (SSSR count). The fourth-order valence-electron chi connectivity index (χ4n) is 3.92. The molecular formula is C23H21N5OS. The molecule has 5 aromatic rings. The van der Waals surface area contributed by atoms with Crippen molar-refractivity contribution in [3.8, 4) is 11.4 Å². The van der Waals surface area contributed by atoms with Crippen LogP contribution in [0.3, 0.4) is 0 Å². The molecule has 0 bridgehead atoms. The van der Waals surface area contributed by atoms with E-state index < -0.39 is 0 Å². The van der Waals surface area contributed by atoms with Gasteiger partial charge in [0.15, 0.2) is 11.5 Å². The lowest BCUT2D eigenvalue weighted by Crippen LogP contribution is -2.28. The first-order valence-electron chi connectivity index (χ1n) is 10.0. The minimum atomic E-state index is -0.148. The normalized spacial score (nSPS) is 11.5. The van der Waals surface area contributed by atoms with Crippen LogP contribution in [0.1, 0.15) is 22.9 Å². The summed E-state index contributed by atoms with van der Waals surface area (Å²) in [5.74, 6) is 0.544. The molecule has 6 nitrogen and oxygen atoms in total. The number of aryl methyl sites for hydroxylation is 4. The maximum Gasteiger partial charge on any atom is 0.351 e. The highest BCUT2D eigenvalue weighted by atomic mass is 32.1. The Hall–Kier alpha value is -3.32. The number of rotatable bonds is 5.